The average Bonchev–Trinajstić information content (AvgIpc) is 3.33. The summed E-state index contributed by atoms with van der Waals surface area (Å²) in [4.78, 5) is 32.9. The summed E-state index contributed by atoms with van der Waals surface area (Å²) in [5.74, 6) is -0.364. The van der Waals surface area contributed by atoms with Crippen molar-refractivity contribution in [1.29, 1.82) is 5.26 Å². The Morgan fingerprint density at radius 3 is 2.73 bits per heavy atom. The minimum absolute atomic E-state index is 0.110. The van der Waals surface area contributed by atoms with E-state index in [4.69, 9.17) is 0 Å². The van der Waals surface area contributed by atoms with Crippen LogP contribution in [0.3, 0.4) is 0 Å². The van der Waals surface area contributed by atoms with Crippen LogP contribution in [0.25, 0.3) is 0 Å². The highest BCUT2D eigenvalue weighted by atomic mass is 16.2. The highest BCUT2D eigenvalue weighted by Gasteiger charge is 2.59. The van der Waals surface area contributed by atoms with E-state index in [2.05, 4.69) is 16.4 Å². The standard InChI is InChI=1S/C24H18N4O2/c25-14-16-6-1-2-8-18(16)22(29)28-13-11-24(21(28)17-7-5-12-26-15-17)19-9-3-4-10-20(19)27-23(24)30/h1-10,12,15,21H,11,13H2,(H,27,30). The largest absolute Gasteiger partial charge is 0.330 e. The van der Waals surface area contributed by atoms with Gasteiger partial charge in [-0.15, -0.1) is 0 Å². The summed E-state index contributed by atoms with van der Waals surface area (Å²) in [5, 5.41) is 12.5. The zero-order chi connectivity index (χ0) is 20.7. The third-order valence-electron chi connectivity index (χ3n) is 6.13. The van der Waals surface area contributed by atoms with Gasteiger partial charge in [0.2, 0.25) is 5.91 Å². The van der Waals surface area contributed by atoms with Crippen LogP contribution in [0.2, 0.25) is 0 Å². The molecule has 6 heteroatoms. The number of amides is 2. The van der Waals surface area contributed by atoms with Crippen molar-refractivity contribution in [3.05, 3.63) is 95.3 Å². The van der Waals surface area contributed by atoms with Crippen molar-refractivity contribution in [2.24, 2.45) is 0 Å². The Hall–Kier alpha value is -3.98. The molecule has 30 heavy (non-hydrogen) atoms. The molecule has 2 unspecified atom stereocenters. The molecule has 2 aromatic carbocycles. The molecular weight excluding hydrogens is 376 g/mol. The first-order valence-corrected chi connectivity index (χ1v) is 9.78. The first-order chi connectivity index (χ1) is 14.7. The number of carbonyl (C=O) groups excluding carboxylic acids is 2. The smallest absolute Gasteiger partial charge is 0.255 e. The van der Waals surface area contributed by atoms with Gasteiger partial charge in [-0.05, 0) is 41.8 Å². The molecule has 2 amide bonds. The molecule has 2 aliphatic heterocycles. The second-order valence-corrected chi connectivity index (χ2v) is 7.57. The molecule has 1 aromatic heterocycles. The molecular formula is C24H18N4O2. The minimum Gasteiger partial charge on any atom is -0.330 e. The molecule has 146 valence electrons. The number of anilines is 1. The first-order valence-electron chi connectivity index (χ1n) is 9.78. The van der Waals surface area contributed by atoms with Gasteiger partial charge in [-0.1, -0.05) is 36.4 Å². The molecule has 0 aliphatic carbocycles. The SMILES string of the molecule is N#Cc1ccccc1C(=O)N1CCC2(C(=O)Nc3ccccc32)C1c1cccnc1. The lowest BCUT2D eigenvalue weighted by Crippen LogP contribution is -2.42. The topological polar surface area (TPSA) is 86.1 Å². The maximum absolute atomic E-state index is 13.6. The lowest BCUT2D eigenvalue weighted by molar-refractivity contribution is -0.121. The monoisotopic (exact) mass is 394 g/mol. The number of aromatic nitrogens is 1. The van der Waals surface area contributed by atoms with Crippen molar-refractivity contribution < 1.29 is 9.59 Å². The summed E-state index contributed by atoms with van der Waals surface area (Å²) in [7, 11) is 0. The van der Waals surface area contributed by atoms with E-state index in [0.717, 1.165) is 16.8 Å². The zero-order valence-electron chi connectivity index (χ0n) is 16.1. The van der Waals surface area contributed by atoms with Gasteiger partial charge in [0, 0.05) is 24.6 Å². The Bertz CT molecular complexity index is 1200. The van der Waals surface area contributed by atoms with Crippen LogP contribution in [0, 0.1) is 11.3 Å². The molecule has 3 aromatic rings. The molecule has 3 heterocycles. The van der Waals surface area contributed by atoms with Gasteiger partial charge in [0.15, 0.2) is 0 Å². The highest BCUT2D eigenvalue weighted by Crippen LogP contribution is 2.54. The van der Waals surface area contributed by atoms with Gasteiger partial charge in [0.25, 0.3) is 5.91 Å². The van der Waals surface area contributed by atoms with Gasteiger partial charge < -0.3 is 10.2 Å². The van der Waals surface area contributed by atoms with E-state index in [1.807, 2.05) is 36.4 Å². The van der Waals surface area contributed by atoms with Crippen molar-refractivity contribution in [3.63, 3.8) is 0 Å². The predicted molar refractivity (Wildman–Crippen MR) is 111 cm³/mol. The van der Waals surface area contributed by atoms with Crippen LogP contribution >= 0.6 is 0 Å². The number of benzene rings is 2. The molecule has 0 radical (unpaired) electrons. The van der Waals surface area contributed by atoms with E-state index < -0.39 is 11.5 Å². The number of fused-ring (bicyclic) bond motifs is 2. The Labute approximate surface area is 173 Å². The quantitative estimate of drug-likeness (QED) is 0.722. The zero-order valence-corrected chi connectivity index (χ0v) is 16.1. The number of pyridine rings is 1. The number of rotatable bonds is 2. The minimum atomic E-state index is -0.892. The molecule has 2 aliphatic rings. The van der Waals surface area contributed by atoms with Gasteiger partial charge >= 0.3 is 0 Å². The maximum atomic E-state index is 13.6. The Morgan fingerprint density at radius 1 is 1.13 bits per heavy atom. The summed E-state index contributed by atoms with van der Waals surface area (Å²) in [6.07, 6.45) is 3.88. The lowest BCUT2D eigenvalue weighted by atomic mass is 9.73. The summed E-state index contributed by atoms with van der Waals surface area (Å²) in [5.41, 5.74) is 2.25. The number of nitrogens with zero attached hydrogens (tertiary/aromatic N) is 3. The van der Waals surface area contributed by atoms with Crippen molar-refractivity contribution >= 4 is 17.5 Å². The number of hydrogen-bond acceptors (Lipinski definition) is 4. The second kappa shape index (κ2) is 6.82. The van der Waals surface area contributed by atoms with Crippen LogP contribution in [0.1, 0.15) is 39.5 Å². The van der Waals surface area contributed by atoms with E-state index >= 15 is 0 Å². The third-order valence-corrected chi connectivity index (χ3v) is 6.13. The molecule has 1 spiro atoms. The van der Waals surface area contributed by atoms with Crippen LogP contribution < -0.4 is 5.32 Å². The Kier molecular flexibility index (Phi) is 4.11. The third kappa shape index (κ3) is 2.45. The van der Waals surface area contributed by atoms with E-state index in [1.54, 1.807) is 41.6 Å². The van der Waals surface area contributed by atoms with Gasteiger partial charge in [0.1, 0.15) is 5.41 Å². The van der Waals surface area contributed by atoms with E-state index in [9.17, 15) is 14.9 Å². The predicted octanol–water partition coefficient (Wildman–Crippen LogP) is 3.43. The molecule has 1 fully saturated rings. The Morgan fingerprint density at radius 2 is 1.93 bits per heavy atom. The van der Waals surface area contributed by atoms with Crippen LogP contribution in [0.15, 0.2) is 73.1 Å². The molecule has 6 nitrogen and oxygen atoms in total. The van der Waals surface area contributed by atoms with E-state index in [-0.39, 0.29) is 11.8 Å². The molecule has 5 rings (SSSR count). The van der Waals surface area contributed by atoms with Crippen molar-refractivity contribution in [3.8, 4) is 6.07 Å². The van der Waals surface area contributed by atoms with Gasteiger partial charge in [-0.3, -0.25) is 14.6 Å². The summed E-state index contributed by atoms with van der Waals surface area (Å²) in [6.45, 7) is 0.403. The summed E-state index contributed by atoms with van der Waals surface area (Å²) in [6, 6.07) is 19.7. The highest BCUT2D eigenvalue weighted by molar-refractivity contribution is 6.08. The Balaban J connectivity index is 1.68. The normalized spacial score (nSPS) is 21.9. The fourth-order valence-corrected chi connectivity index (χ4v) is 4.83. The first kappa shape index (κ1) is 18.1. The average molecular weight is 394 g/mol. The number of para-hydroxylation sites is 1. The van der Waals surface area contributed by atoms with Gasteiger partial charge in [-0.25, -0.2) is 0 Å². The van der Waals surface area contributed by atoms with Crippen molar-refractivity contribution in [2.75, 3.05) is 11.9 Å². The number of hydrogen-bond donors (Lipinski definition) is 1. The second-order valence-electron chi connectivity index (χ2n) is 7.57. The molecule has 0 bridgehead atoms. The number of nitrogens with one attached hydrogen (secondary N) is 1. The number of carbonyl (C=O) groups is 2. The maximum Gasteiger partial charge on any atom is 0.255 e. The van der Waals surface area contributed by atoms with Crippen molar-refractivity contribution in [2.45, 2.75) is 17.9 Å². The van der Waals surface area contributed by atoms with Crippen LogP contribution in [-0.2, 0) is 10.2 Å². The van der Waals surface area contributed by atoms with Gasteiger partial charge in [-0.2, -0.15) is 5.26 Å². The fraction of sp³-hybridized carbons (Fsp3) is 0.167. The lowest BCUT2D eigenvalue weighted by Gasteiger charge is -2.34. The fourth-order valence-electron chi connectivity index (χ4n) is 4.83. The number of likely N-dealkylation sites (tertiary alicyclic amines) is 1. The van der Waals surface area contributed by atoms with Gasteiger partial charge in [0.05, 0.1) is 23.2 Å². The van der Waals surface area contributed by atoms with E-state index in [0.29, 0.717) is 24.1 Å². The summed E-state index contributed by atoms with van der Waals surface area (Å²) < 4.78 is 0. The van der Waals surface area contributed by atoms with E-state index in [1.165, 1.54) is 0 Å². The van der Waals surface area contributed by atoms with Crippen molar-refractivity contribution in [1.82, 2.24) is 9.88 Å². The molecule has 0 saturated carbocycles. The van der Waals surface area contributed by atoms with Crippen LogP contribution in [0.5, 0.6) is 0 Å². The van der Waals surface area contributed by atoms with Crippen LogP contribution in [0.4, 0.5) is 5.69 Å². The molecule has 1 saturated heterocycles. The summed E-state index contributed by atoms with van der Waals surface area (Å²) >= 11 is 0. The van der Waals surface area contributed by atoms with Crippen LogP contribution in [-0.4, -0.2) is 28.2 Å². The molecule has 1 N–H and O–H groups in total. The number of nitriles is 1. The molecule has 2 atom stereocenters.